The third kappa shape index (κ3) is 2.40. The van der Waals surface area contributed by atoms with Crippen LogP contribution < -0.4 is 0 Å². The highest BCUT2D eigenvalue weighted by Crippen LogP contribution is 2.32. The molecule has 96 valence electrons. The molecule has 4 heteroatoms. The van der Waals surface area contributed by atoms with Crippen molar-refractivity contribution in [1.29, 1.82) is 0 Å². The number of rotatable bonds is 2. The van der Waals surface area contributed by atoms with Crippen LogP contribution in [0.5, 0.6) is 0 Å². The fourth-order valence-corrected chi connectivity index (χ4v) is 2.43. The predicted molar refractivity (Wildman–Crippen MR) is 81.8 cm³/mol. The van der Waals surface area contributed by atoms with E-state index in [-0.39, 0.29) is 0 Å². The fourth-order valence-electron chi connectivity index (χ4n) is 2.02. The van der Waals surface area contributed by atoms with Crippen molar-refractivity contribution in [3.63, 3.8) is 0 Å². The van der Waals surface area contributed by atoms with Crippen LogP contribution in [0.2, 0.25) is 5.02 Å². The lowest BCUT2D eigenvalue weighted by atomic mass is 10.0. The maximum Gasteiger partial charge on any atom is 0.167 e. The first-order chi connectivity index (χ1) is 9.15. The smallest absolute Gasteiger partial charge is 0.167 e. The summed E-state index contributed by atoms with van der Waals surface area (Å²) in [4.78, 5) is 0.296. The molecule has 1 heterocycles. The van der Waals surface area contributed by atoms with Crippen molar-refractivity contribution >= 4 is 38.5 Å². The molecule has 1 aromatic heterocycles. The Hall–Kier alpha value is -1.32. The lowest BCUT2D eigenvalue weighted by Gasteiger charge is -2.03. The van der Waals surface area contributed by atoms with Gasteiger partial charge in [-0.05, 0) is 36.8 Å². The topological polar surface area (TPSA) is 26.0 Å². The second-order valence-corrected chi connectivity index (χ2v) is 6.22. The molecule has 19 heavy (non-hydrogen) atoms. The first-order valence-electron chi connectivity index (χ1n) is 5.94. The Labute approximate surface area is 124 Å². The van der Waals surface area contributed by atoms with Crippen LogP contribution in [0.4, 0.5) is 0 Å². The molecular formula is C15H11BrClNO. The van der Waals surface area contributed by atoms with Gasteiger partial charge in [-0.1, -0.05) is 50.9 Å². The van der Waals surface area contributed by atoms with E-state index in [4.69, 9.17) is 16.1 Å². The average Bonchev–Trinajstić information content (AvgIpc) is 2.82. The van der Waals surface area contributed by atoms with Gasteiger partial charge in [-0.3, -0.25) is 0 Å². The molecule has 3 rings (SSSR count). The Morgan fingerprint density at radius 3 is 2.58 bits per heavy atom. The lowest BCUT2D eigenvalue weighted by Crippen LogP contribution is -1.83. The normalized spacial score (nSPS) is 12.8. The van der Waals surface area contributed by atoms with Crippen molar-refractivity contribution < 1.29 is 4.52 Å². The number of nitrogens with zero attached hydrogens (tertiary/aromatic N) is 1. The van der Waals surface area contributed by atoms with E-state index in [2.05, 4.69) is 34.1 Å². The third-order valence-corrected chi connectivity index (χ3v) is 3.85. The van der Waals surface area contributed by atoms with Crippen LogP contribution in [0.25, 0.3) is 22.2 Å². The summed E-state index contributed by atoms with van der Waals surface area (Å²) in [5.41, 5.74) is 3.84. The number of alkyl halides is 1. The Morgan fingerprint density at radius 1 is 1.16 bits per heavy atom. The fraction of sp³-hybridized carbons (Fsp3) is 0.133. The van der Waals surface area contributed by atoms with Crippen LogP contribution in [-0.2, 0) is 0 Å². The van der Waals surface area contributed by atoms with Crippen LogP contribution in [0.1, 0.15) is 17.3 Å². The Morgan fingerprint density at radius 2 is 1.89 bits per heavy atom. The largest absolute Gasteiger partial charge is 0.356 e. The van der Waals surface area contributed by atoms with Crippen LogP contribution >= 0.6 is 27.5 Å². The molecule has 2 nitrogen and oxygen atoms in total. The molecule has 0 fully saturated rings. The minimum absolute atomic E-state index is 0.296. The Bertz CT molecular complexity index is 719. The summed E-state index contributed by atoms with van der Waals surface area (Å²) in [6, 6.07) is 13.7. The third-order valence-electron chi connectivity index (χ3n) is 3.07. The van der Waals surface area contributed by atoms with E-state index in [0.29, 0.717) is 9.85 Å². The van der Waals surface area contributed by atoms with E-state index in [1.165, 1.54) is 5.56 Å². The number of halogens is 2. The van der Waals surface area contributed by atoms with E-state index in [1.807, 2.05) is 36.4 Å². The molecule has 0 saturated carbocycles. The molecule has 0 spiro atoms. The van der Waals surface area contributed by atoms with E-state index < -0.39 is 0 Å². The molecular weight excluding hydrogens is 326 g/mol. The molecule has 3 aromatic rings. The molecule has 0 aliphatic rings. The quantitative estimate of drug-likeness (QED) is 0.569. The van der Waals surface area contributed by atoms with Gasteiger partial charge in [0, 0.05) is 15.4 Å². The molecule has 2 aromatic carbocycles. The van der Waals surface area contributed by atoms with Crippen molar-refractivity contribution in [3.05, 3.63) is 53.1 Å². The van der Waals surface area contributed by atoms with Gasteiger partial charge >= 0.3 is 0 Å². The Kier molecular flexibility index (Phi) is 3.33. The average molecular weight is 337 g/mol. The first-order valence-corrected chi connectivity index (χ1v) is 7.24. The zero-order valence-electron chi connectivity index (χ0n) is 10.2. The van der Waals surface area contributed by atoms with E-state index >= 15 is 0 Å². The molecule has 0 N–H and O–H groups in total. The monoisotopic (exact) mass is 335 g/mol. The zero-order chi connectivity index (χ0) is 13.4. The maximum atomic E-state index is 5.91. The van der Waals surface area contributed by atoms with Gasteiger partial charge in [-0.25, -0.2) is 0 Å². The van der Waals surface area contributed by atoms with Gasteiger partial charge in [0.2, 0.25) is 0 Å². The number of hydrogen-bond acceptors (Lipinski definition) is 2. The summed E-state index contributed by atoms with van der Waals surface area (Å²) in [5.74, 6) is 0. The highest BCUT2D eigenvalue weighted by atomic mass is 79.9. The minimum atomic E-state index is 0.296. The van der Waals surface area contributed by atoms with Crippen molar-refractivity contribution in [2.45, 2.75) is 11.8 Å². The second-order valence-electron chi connectivity index (χ2n) is 4.41. The van der Waals surface area contributed by atoms with Crippen LogP contribution in [0, 0.1) is 0 Å². The van der Waals surface area contributed by atoms with Crippen LogP contribution in [0.3, 0.4) is 0 Å². The molecule has 1 atom stereocenters. The van der Waals surface area contributed by atoms with Gasteiger partial charge in [-0.15, -0.1) is 0 Å². The van der Waals surface area contributed by atoms with Crippen molar-refractivity contribution in [3.8, 4) is 11.3 Å². The molecule has 0 aliphatic carbocycles. The highest BCUT2D eigenvalue weighted by Gasteiger charge is 2.12. The summed E-state index contributed by atoms with van der Waals surface area (Å²) in [6.07, 6.45) is 0. The van der Waals surface area contributed by atoms with Crippen molar-refractivity contribution in [2.24, 2.45) is 0 Å². The highest BCUT2D eigenvalue weighted by molar-refractivity contribution is 9.09. The van der Waals surface area contributed by atoms with Gasteiger partial charge in [0.05, 0.1) is 5.39 Å². The zero-order valence-corrected chi connectivity index (χ0v) is 12.6. The van der Waals surface area contributed by atoms with Crippen LogP contribution in [-0.4, -0.2) is 5.16 Å². The van der Waals surface area contributed by atoms with Gasteiger partial charge in [0.1, 0.15) is 5.69 Å². The minimum Gasteiger partial charge on any atom is -0.356 e. The summed E-state index contributed by atoms with van der Waals surface area (Å²) in [6.45, 7) is 2.09. The molecule has 0 amide bonds. The molecule has 0 saturated heterocycles. The maximum absolute atomic E-state index is 5.91. The van der Waals surface area contributed by atoms with Gasteiger partial charge in [-0.2, -0.15) is 0 Å². The van der Waals surface area contributed by atoms with Gasteiger partial charge < -0.3 is 4.52 Å². The number of aromatic nitrogens is 1. The van der Waals surface area contributed by atoms with Crippen molar-refractivity contribution in [2.75, 3.05) is 0 Å². The molecule has 0 aliphatic heterocycles. The molecule has 0 radical (unpaired) electrons. The van der Waals surface area contributed by atoms with Crippen molar-refractivity contribution in [1.82, 2.24) is 5.16 Å². The van der Waals surface area contributed by atoms with Gasteiger partial charge in [0.25, 0.3) is 0 Å². The predicted octanol–water partition coefficient (Wildman–Crippen LogP) is 5.60. The summed E-state index contributed by atoms with van der Waals surface area (Å²) in [7, 11) is 0. The first kappa shape index (κ1) is 12.7. The number of fused-ring (bicyclic) bond motifs is 1. The standard InChI is InChI=1S/C15H11BrClNO/c1-9(16)11-4-7-14-13(8-11)15(18-19-14)10-2-5-12(17)6-3-10/h2-9H,1H3/t9-/m0/s1. The molecule has 0 bridgehead atoms. The van der Waals surface area contributed by atoms with E-state index in [1.54, 1.807) is 0 Å². The van der Waals surface area contributed by atoms with E-state index in [0.717, 1.165) is 22.2 Å². The second kappa shape index (κ2) is 4.99. The van der Waals surface area contributed by atoms with Gasteiger partial charge in [0.15, 0.2) is 5.58 Å². The summed E-state index contributed by atoms with van der Waals surface area (Å²) >= 11 is 9.49. The number of benzene rings is 2. The number of hydrogen-bond donors (Lipinski definition) is 0. The SMILES string of the molecule is C[C@H](Br)c1ccc2onc(-c3ccc(Cl)cc3)c2c1. The molecule has 0 unspecified atom stereocenters. The Balaban J connectivity index is 2.18. The lowest BCUT2D eigenvalue weighted by molar-refractivity contribution is 0.459. The summed E-state index contributed by atoms with van der Waals surface area (Å²) < 4.78 is 5.37. The van der Waals surface area contributed by atoms with E-state index in [9.17, 15) is 0 Å². The summed E-state index contributed by atoms with van der Waals surface area (Å²) in [5, 5.41) is 5.90. The van der Waals surface area contributed by atoms with Crippen LogP contribution in [0.15, 0.2) is 47.0 Å².